The normalized spacial score (nSPS) is 16.7. The van der Waals surface area contributed by atoms with E-state index in [0.29, 0.717) is 50.7 Å². The molecule has 1 saturated carbocycles. The third-order valence-electron chi connectivity index (χ3n) is 7.12. The predicted octanol–water partition coefficient (Wildman–Crippen LogP) is 7.67. The first-order valence-electron chi connectivity index (χ1n) is 13.0. The Morgan fingerprint density at radius 1 is 0.919 bits per heavy atom. The van der Waals surface area contributed by atoms with E-state index in [9.17, 15) is 4.79 Å². The van der Waals surface area contributed by atoms with Crippen LogP contribution in [0.15, 0.2) is 42.5 Å². The average molecular weight is 562 g/mol. The van der Waals surface area contributed by atoms with E-state index < -0.39 is 0 Å². The molecule has 1 aliphatic carbocycles. The number of likely N-dealkylation sites (tertiary alicyclic amines) is 1. The topological polar surface area (TPSA) is 59.4 Å². The summed E-state index contributed by atoms with van der Waals surface area (Å²) in [6.45, 7) is 1.93. The summed E-state index contributed by atoms with van der Waals surface area (Å²) in [5.41, 5.74) is 1.70. The Hall–Kier alpha value is -2.25. The lowest BCUT2D eigenvalue weighted by atomic mass is 10.1. The molecule has 5 rings (SSSR count). The van der Waals surface area contributed by atoms with Crippen molar-refractivity contribution in [1.82, 2.24) is 20.0 Å². The molecule has 2 aromatic carbocycles. The summed E-state index contributed by atoms with van der Waals surface area (Å²) in [6.07, 6.45) is 9.22. The summed E-state index contributed by atoms with van der Waals surface area (Å²) < 4.78 is 8.06. The maximum Gasteiger partial charge on any atom is 0.274 e. The van der Waals surface area contributed by atoms with E-state index in [1.165, 1.54) is 25.7 Å². The maximum absolute atomic E-state index is 13.7. The summed E-state index contributed by atoms with van der Waals surface area (Å²) >= 11 is 18.9. The van der Waals surface area contributed by atoms with Crippen LogP contribution in [-0.2, 0) is 6.54 Å². The van der Waals surface area contributed by atoms with Gasteiger partial charge in [-0.05, 0) is 68.1 Å². The lowest BCUT2D eigenvalue weighted by Crippen LogP contribution is -2.31. The molecular formula is C28H31Cl3N4O2. The van der Waals surface area contributed by atoms with Gasteiger partial charge in [0.15, 0.2) is 5.69 Å². The number of ether oxygens (including phenoxy) is 1. The number of benzene rings is 2. The Morgan fingerprint density at radius 2 is 1.59 bits per heavy atom. The van der Waals surface area contributed by atoms with Crippen molar-refractivity contribution in [3.8, 4) is 17.3 Å². The second-order valence-electron chi connectivity index (χ2n) is 9.76. The molecule has 0 unspecified atom stereocenters. The number of hydrogen-bond acceptors (Lipinski definition) is 4. The molecule has 0 radical (unpaired) electrons. The molecule has 37 heavy (non-hydrogen) atoms. The number of nitrogens with one attached hydrogen (secondary N) is 1. The van der Waals surface area contributed by atoms with Crippen LogP contribution in [-0.4, -0.2) is 39.7 Å². The molecule has 3 aromatic rings. The molecular weight excluding hydrogens is 531 g/mol. The molecule has 1 aliphatic heterocycles. The summed E-state index contributed by atoms with van der Waals surface area (Å²) in [5.74, 6) is 0.960. The fraction of sp³-hybridized carbons (Fsp3) is 0.429. The Balaban J connectivity index is 1.59. The zero-order chi connectivity index (χ0) is 25.8. The summed E-state index contributed by atoms with van der Waals surface area (Å²) in [5, 5.41) is 10.1. The Morgan fingerprint density at radius 3 is 2.27 bits per heavy atom. The van der Waals surface area contributed by atoms with Crippen LogP contribution in [0, 0.1) is 0 Å². The molecule has 1 aromatic heterocycles. The van der Waals surface area contributed by atoms with Crippen molar-refractivity contribution in [2.24, 2.45) is 0 Å². The van der Waals surface area contributed by atoms with Gasteiger partial charge in [0.25, 0.3) is 5.91 Å². The van der Waals surface area contributed by atoms with Crippen LogP contribution >= 0.6 is 34.8 Å². The van der Waals surface area contributed by atoms with Crippen LogP contribution in [0.25, 0.3) is 5.69 Å². The monoisotopic (exact) mass is 560 g/mol. The van der Waals surface area contributed by atoms with Crippen molar-refractivity contribution in [3.05, 3.63) is 68.8 Å². The molecule has 6 nitrogen and oxygen atoms in total. The fourth-order valence-corrected chi connectivity index (χ4v) is 5.72. The Labute approximate surface area is 232 Å². The molecule has 1 N–H and O–H groups in total. The van der Waals surface area contributed by atoms with Crippen LogP contribution < -0.4 is 10.1 Å². The fourth-order valence-electron chi connectivity index (χ4n) is 5.10. The smallest absolute Gasteiger partial charge is 0.274 e. The largest absolute Gasteiger partial charge is 0.439 e. The third kappa shape index (κ3) is 6.26. The number of carbonyl (C=O) groups excluding carboxylic acids is 1. The number of nitrogens with zero attached hydrogens (tertiary/aromatic N) is 3. The van der Waals surface area contributed by atoms with Gasteiger partial charge in [0.2, 0.25) is 5.88 Å². The second kappa shape index (κ2) is 12.1. The van der Waals surface area contributed by atoms with E-state index >= 15 is 0 Å². The molecule has 2 aliphatic rings. The van der Waals surface area contributed by atoms with Gasteiger partial charge in [-0.2, -0.15) is 9.78 Å². The van der Waals surface area contributed by atoms with Gasteiger partial charge in [-0.1, -0.05) is 60.5 Å². The van der Waals surface area contributed by atoms with Gasteiger partial charge in [0, 0.05) is 35.7 Å². The van der Waals surface area contributed by atoms with Crippen molar-refractivity contribution in [3.63, 3.8) is 0 Å². The number of rotatable bonds is 7. The van der Waals surface area contributed by atoms with Gasteiger partial charge in [-0.15, -0.1) is 0 Å². The zero-order valence-electron chi connectivity index (χ0n) is 20.7. The highest BCUT2D eigenvalue weighted by atomic mass is 35.5. The molecule has 0 bridgehead atoms. The minimum absolute atomic E-state index is 0.0834. The molecule has 2 heterocycles. The number of carbonyl (C=O) groups is 1. The standard InChI is InChI=1S/C28H31Cl3N4O2/c29-19-9-12-22(13-10-19)37-28-23(18-32-21-7-3-1-2-4-8-21)26(27(36)34-15-5-6-16-34)33-35(28)25-14-11-20(30)17-24(25)31/h9-14,17,21,32H,1-8,15-16,18H2. The molecule has 0 atom stereocenters. The highest BCUT2D eigenvalue weighted by Crippen LogP contribution is 2.35. The minimum atomic E-state index is -0.0834. The van der Waals surface area contributed by atoms with E-state index in [1.807, 2.05) is 4.90 Å². The highest BCUT2D eigenvalue weighted by molar-refractivity contribution is 6.35. The average Bonchev–Trinajstić information content (AvgIpc) is 3.46. The highest BCUT2D eigenvalue weighted by Gasteiger charge is 2.31. The maximum atomic E-state index is 13.7. The van der Waals surface area contributed by atoms with Crippen LogP contribution in [0.5, 0.6) is 11.6 Å². The quantitative estimate of drug-likeness (QED) is 0.301. The van der Waals surface area contributed by atoms with Crippen LogP contribution in [0.3, 0.4) is 0 Å². The Bertz CT molecular complexity index is 1230. The van der Waals surface area contributed by atoms with Gasteiger partial charge in [0.1, 0.15) is 5.75 Å². The predicted molar refractivity (Wildman–Crippen MR) is 149 cm³/mol. The number of amides is 1. The molecule has 196 valence electrons. The van der Waals surface area contributed by atoms with Gasteiger partial charge in [0.05, 0.1) is 16.3 Å². The molecule has 2 fully saturated rings. The second-order valence-corrected chi connectivity index (χ2v) is 11.0. The Kier molecular flexibility index (Phi) is 8.60. The van der Waals surface area contributed by atoms with Crippen LogP contribution in [0.4, 0.5) is 0 Å². The lowest BCUT2D eigenvalue weighted by Gasteiger charge is -2.18. The van der Waals surface area contributed by atoms with Crippen molar-refractivity contribution in [2.75, 3.05) is 13.1 Å². The zero-order valence-corrected chi connectivity index (χ0v) is 23.0. The van der Waals surface area contributed by atoms with Gasteiger partial charge >= 0.3 is 0 Å². The van der Waals surface area contributed by atoms with Gasteiger partial charge in [-0.25, -0.2) is 0 Å². The first-order valence-corrected chi connectivity index (χ1v) is 14.2. The van der Waals surface area contributed by atoms with Crippen LogP contribution in [0.2, 0.25) is 15.1 Å². The van der Waals surface area contributed by atoms with E-state index in [0.717, 1.165) is 44.3 Å². The number of halogens is 3. The van der Waals surface area contributed by atoms with E-state index in [1.54, 1.807) is 47.1 Å². The van der Waals surface area contributed by atoms with Crippen molar-refractivity contribution in [2.45, 2.75) is 64.0 Å². The summed E-state index contributed by atoms with van der Waals surface area (Å²) in [6, 6.07) is 12.7. The van der Waals surface area contributed by atoms with Crippen molar-refractivity contribution < 1.29 is 9.53 Å². The molecule has 1 saturated heterocycles. The summed E-state index contributed by atoms with van der Waals surface area (Å²) in [4.78, 5) is 15.6. The van der Waals surface area contributed by atoms with Crippen molar-refractivity contribution >= 4 is 40.7 Å². The van der Waals surface area contributed by atoms with E-state index in [-0.39, 0.29) is 5.91 Å². The van der Waals surface area contributed by atoms with Crippen molar-refractivity contribution in [1.29, 1.82) is 0 Å². The third-order valence-corrected chi connectivity index (χ3v) is 7.91. The van der Waals surface area contributed by atoms with Gasteiger partial charge in [-0.3, -0.25) is 4.79 Å². The molecule has 1 amide bonds. The van der Waals surface area contributed by atoms with Gasteiger partial charge < -0.3 is 15.0 Å². The SMILES string of the molecule is O=C(c1nn(-c2ccc(Cl)cc2Cl)c(Oc2ccc(Cl)cc2)c1CNC1CCCCCC1)N1CCCC1. The lowest BCUT2D eigenvalue weighted by molar-refractivity contribution is 0.0785. The first-order chi connectivity index (χ1) is 18.0. The molecule has 0 spiro atoms. The number of aromatic nitrogens is 2. The summed E-state index contributed by atoms with van der Waals surface area (Å²) in [7, 11) is 0. The van der Waals surface area contributed by atoms with Crippen LogP contribution in [0.1, 0.15) is 67.4 Å². The minimum Gasteiger partial charge on any atom is -0.439 e. The van der Waals surface area contributed by atoms with E-state index in [4.69, 9.17) is 44.6 Å². The first kappa shape index (κ1) is 26.4. The van der Waals surface area contributed by atoms with E-state index in [2.05, 4.69) is 5.32 Å². The molecule has 9 heteroatoms. The number of hydrogen-bond donors (Lipinski definition) is 1.